The van der Waals surface area contributed by atoms with Gasteiger partial charge in [0.1, 0.15) is 4.88 Å². The van der Waals surface area contributed by atoms with Crippen LogP contribution in [0, 0.1) is 11.8 Å². The molecule has 3 unspecified atom stereocenters. The zero-order chi connectivity index (χ0) is 11.9. The van der Waals surface area contributed by atoms with Gasteiger partial charge in [-0.05, 0) is 18.8 Å². The van der Waals surface area contributed by atoms with Gasteiger partial charge in [0.05, 0.1) is 6.20 Å². The molecule has 0 spiro atoms. The Bertz CT molecular complexity index is 404. The summed E-state index contributed by atoms with van der Waals surface area (Å²) in [7, 11) is 0. The molecule has 4 nitrogen and oxygen atoms in total. The molecule has 5 heteroatoms. The summed E-state index contributed by atoms with van der Waals surface area (Å²) >= 11 is 1.26. The Morgan fingerprint density at radius 2 is 2.25 bits per heavy atom. The first-order valence-corrected chi connectivity index (χ1v) is 6.28. The van der Waals surface area contributed by atoms with Crippen LogP contribution < -0.4 is 4.90 Å². The van der Waals surface area contributed by atoms with E-state index in [0.29, 0.717) is 22.8 Å². The lowest BCUT2D eigenvalue weighted by molar-refractivity contribution is 0.0702. The molecule has 0 aliphatic carbocycles. The largest absolute Gasteiger partial charge is 0.477 e. The quantitative estimate of drug-likeness (QED) is 0.862. The van der Waals surface area contributed by atoms with Crippen LogP contribution in [0.2, 0.25) is 0 Å². The highest BCUT2D eigenvalue weighted by molar-refractivity contribution is 7.17. The van der Waals surface area contributed by atoms with E-state index >= 15 is 0 Å². The van der Waals surface area contributed by atoms with Crippen molar-refractivity contribution in [2.75, 3.05) is 11.4 Å². The van der Waals surface area contributed by atoms with Crippen molar-refractivity contribution >= 4 is 22.4 Å². The Labute approximate surface area is 98.9 Å². The van der Waals surface area contributed by atoms with Crippen molar-refractivity contribution in [3.05, 3.63) is 11.1 Å². The Morgan fingerprint density at radius 3 is 2.69 bits per heavy atom. The monoisotopic (exact) mass is 240 g/mol. The molecule has 1 N–H and O–H groups in total. The molecule has 3 atom stereocenters. The van der Waals surface area contributed by atoms with E-state index in [1.807, 2.05) is 0 Å². The number of aromatic carboxylic acids is 1. The van der Waals surface area contributed by atoms with Gasteiger partial charge < -0.3 is 10.0 Å². The van der Waals surface area contributed by atoms with Gasteiger partial charge in [-0.2, -0.15) is 0 Å². The fraction of sp³-hybridized carbons (Fsp3) is 0.636. The number of carbonyl (C=O) groups is 1. The normalized spacial score (nSPS) is 29.7. The molecule has 0 bridgehead atoms. The maximum absolute atomic E-state index is 10.8. The zero-order valence-electron chi connectivity index (χ0n) is 9.67. The van der Waals surface area contributed by atoms with Crippen molar-refractivity contribution in [2.45, 2.75) is 26.8 Å². The van der Waals surface area contributed by atoms with E-state index in [0.717, 1.165) is 11.7 Å². The van der Waals surface area contributed by atoms with E-state index in [9.17, 15) is 4.79 Å². The standard InChI is InChI=1S/C11H16N2O2S/c1-6-5-13(8(3)7(6)2)11-12-4-9(16-11)10(14)15/h4,6-8H,5H2,1-3H3,(H,14,15). The SMILES string of the molecule is CC1CN(c2ncc(C(=O)O)s2)C(C)C1C. The number of anilines is 1. The van der Waals surface area contributed by atoms with Crippen molar-refractivity contribution in [1.29, 1.82) is 0 Å². The number of rotatable bonds is 2. The maximum Gasteiger partial charge on any atom is 0.347 e. The summed E-state index contributed by atoms with van der Waals surface area (Å²) in [5.74, 6) is 0.362. The van der Waals surface area contributed by atoms with Crippen LogP contribution in [0.4, 0.5) is 5.13 Å². The number of carboxylic acids is 1. The fourth-order valence-corrected chi connectivity index (χ4v) is 3.00. The summed E-state index contributed by atoms with van der Waals surface area (Å²) in [5.41, 5.74) is 0. The summed E-state index contributed by atoms with van der Waals surface area (Å²) in [6.45, 7) is 7.61. The third kappa shape index (κ3) is 1.80. The molecule has 1 aliphatic rings. The lowest BCUT2D eigenvalue weighted by atomic mass is 9.95. The van der Waals surface area contributed by atoms with E-state index < -0.39 is 5.97 Å². The van der Waals surface area contributed by atoms with Crippen molar-refractivity contribution in [3.63, 3.8) is 0 Å². The van der Waals surface area contributed by atoms with Gasteiger partial charge in [0.25, 0.3) is 0 Å². The van der Waals surface area contributed by atoms with Crippen LogP contribution in [0.5, 0.6) is 0 Å². The van der Waals surface area contributed by atoms with Crippen molar-refractivity contribution < 1.29 is 9.90 Å². The van der Waals surface area contributed by atoms with E-state index in [4.69, 9.17) is 5.11 Å². The van der Waals surface area contributed by atoms with Gasteiger partial charge in [0.2, 0.25) is 0 Å². The van der Waals surface area contributed by atoms with Crippen LogP contribution in [0.25, 0.3) is 0 Å². The van der Waals surface area contributed by atoms with Crippen LogP contribution >= 0.6 is 11.3 Å². The van der Waals surface area contributed by atoms with E-state index in [1.165, 1.54) is 17.5 Å². The first-order valence-electron chi connectivity index (χ1n) is 5.46. The Hall–Kier alpha value is -1.10. The summed E-state index contributed by atoms with van der Waals surface area (Å²) < 4.78 is 0. The number of carboxylic acid groups (broad SMARTS) is 1. The highest BCUT2D eigenvalue weighted by Gasteiger charge is 2.34. The fourth-order valence-electron chi connectivity index (χ4n) is 2.15. The molecule has 1 aromatic heterocycles. The summed E-state index contributed by atoms with van der Waals surface area (Å²) in [5, 5.41) is 9.70. The molecule has 1 aliphatic heterocycles. The minimum atomic E-state index is -0.892. The third-order valence-corrected chi connectivity index (χ3v) is 4.61. The van der Waals surface area contributed by atoms with Crippen LogP contribution in [-0.2, 0) is 0 Å². The Morgan fingerprint density at radius 1 is 1.56 bits per heavy atom. The average molecular weight is 240 g/mol. The third-order valence-electron chi connectivity index (χ3n) is 3.58. The lowest BCUT2D eigenvalue weighted by Crippen LogP contribution is -2.28. The zero-order valence-corrected chi connectivity index (χ0v) is 10.5. The average Bonchev–Trinajstić information content (AvgIpc) is 2.79. The summed E-state index contributed by atoms with van der Waals surface area (Å²) in [6.07, 6.45) is 1.45. The highest BCUT2D eigenvalue weighted by Crippen LogP contribution is 2.35. The van der Waals surface area contributed by atoms with Crippen LogP contribution in [0.1, 0.15) is 30.4 Å². The molecule has 0 saturated carbocycles. The lowest BCUT2D eigenvalue weighted by Gasteiger charge is -2.22. The topological polar surface area (TPSA) is 53.4 Å². The van der Waals surface area contributed by atoms with E-state index in [-0.39, 0.29) is 0 Å². The number of hydrogen-bond donors (Lipinski definition) is 1. The predicted molar refractivity (Wildman–Crippen MR) is 64.2 cm³/mol. The Balaban J connectivity index is 2.21. The highest BCUT2D eigenvalue weighted by atomic mass is 32.1. The molecule has 0 radical (unpaired) electrons. The van der Waals surface area contributed by atoms with Crippen LogP contribution in [0.15, 0.2) is 6.20 Å². The van der Waals surface area contributed by atoms with Gasteiger partial charge in [-0.15, -0.1) is 0 Å². The van der Waals surface area contributed by atoms with Crippen molar-refractivity contribution in [1.82, 2.24) is 4.98 Å². The molecular weight excluding hydrogens is 224 g/mol. The minimum Gasteiger partial charge on any atom is -0.477 e. The number of thiazole rings is 1. The van der Waals surface area contributed by atoms with Gasteiger partial charge in [-0.1, -0.05) is 25.2 Å². The molecule has 88 valence electrons. The van der Waals surface area contributed by atoms with Crippen molar-refractivity contribution in [2.24, 2.45) is 11.8 Å². The molecule has 1 fully saturated rings. The van der Waals surface area contributed by atoms with Crippen LogP contribution in [-0.4, -0.2) is 28.6 Å². The van der Waals surface area contributed by atoms with Crippen molar-refractivity contribution in [3.8, 4) is 0 Å². The molecule has 2 rings (SSSR count). The molecule has 1 saturated heterocycles. The number of nitrogens with zero attached hydrogens (tertiary/aromatic N) is 2. The van der Waals surface area contributed by atoms with Crippen LogP contribution in [0.3, 0.4) is 0 Å². The first-order chi connectivity index (χ1) is 7.50. The first kappa shape index (κ1) is 11.4. The number of hydrogen-bond acceptors (Lipinski definition) is 4. The maximum atomic E-state index is 10.8. The van der Waals surface area contributed by atoms with Gasteiger partial charge in [-0.25, -0.2) is 9.78 Å². The second-order valence-corrected chi connectivity index (χ2v) is 5.55. The van der Waals surface area contributed by atoms with Gasteiger partial charge in [0, 0.05) is 12.6 Å². The van der Waals surface area contributed by atoms with Gasteiger partial charge in [0.15, 0.2) is 5.13 Å². The van der Waals surface area contributed by atoms with Gasteiger partial charge >= 0.3 is 5.97 Å². The second-order valence-electron chi connectivity index (χ2n) is 4.54. The molecule has 16 heavy (non-hydrogen) atoms. The second kappa shape index (κ2) is 4.05. The molecular formula is C11H16N2O2S. The summed E-state index contributed by atoms with van der Waals surface area (Å²) in [6, 6.07) is 0.433. The molecule has 2 heterocycles. The summed E-state index contributed by atoms with van der Waals surface area (Å²) in [4.78, 5) is 17.5. The predicted octanol–water partition coefficient (Wildman–Crippen LogP) is 2.32. The molecule has 1 aromatic rings. The van der Waals surface area contributed by atoms with Gasteiger partial charge in [-0.3, -0.25) is 0 Å². The smallest absolute Gasteiger partial charge is 0.347 e. The minimum absolute atomic E-state index is 0.314. The molecule has 0 amide bonds. The van der Waals surface area contributed by atoms with E-state index in [2.05, 4.69) is 30.7 Å². The number of aromatic nitrogens is 1. The Kier molecular flexibility index (Phi) is 2.88. The van der Waals surface area contributed by atoms with E-state index in [1.54, 1.807) is 0 Å². The molecule has 0 aromatic carbocycles.